The molecule has 0 spiro atoms. The lowest BCUT2D eigenvalue weighted by Crippen LogP contribution is -2.41. The molecule has 2 N–H and O–H groups in total. The lowest BCUT2D eigenvalue weighted by Gasteiger charge is -2.24. The third-order valence-electron chi connectivity index (χ3n) is 3.83. The quantitative estimate of drug-likeness (QED) is 0.612. The van der Waals surface area contributed by atoms with E-state index in [0.29, 0.717) is 12.6 Å². The van der Waals surface area contributed by atoms with Gasteiger partial charge in [0.05, 0.1) is 10.5 Å². The predicted molar refractivity (Wildman–Crippen MR) is 77.3 cm³/mol. The number of nitro groups is 1. The minimum atomic E-state index is -0.713. The van der Waals surface area contributed by atoms with Crippen LogP contribution in [-0.4, -0.2) is 46.5 Å². The van der Waals surface area contributed by atoms with Crippen LogP contribution in [-0.2, 0) is 0 Å². The van der Waals surface area contributed by atoms with Crippen LogP contribution in [0.4, 0.5) is 5.69 Å². The van der Waals surface area contributed by atoms with Crippen LogP contribution in [0.15, 0.2) is 18.2 Å². The van der Waals surface area contributed by atoms with E-state index in [2.05, 4.69) is 10.2 Å². The summed E-state index contributed by atoms with van der Waals surface area (Å²) in [6.07, 6.45) is 2.36. The molecule has 1 aliphatic carbocycles. The molecule has 1 unspecified atom stereocenters. The number of nitrogens with zero attached hydrogens (tertiary/aromatic N) is 2. The van der Waals surface area contributed by atoms with Gasteiger partial charge in [-0.25, -0.2) is 0 Å². The number of rotatable bonds is 6. The van der Waals surface area contributed by atoms with Gasteiger partial charge in [0.15, 0.2) is 0 Å². The first-order valence-electron chi connectivity index (χ1n) is 6.88. The van der Waals surface area contributed by atoms with E-state index in [1.165, 1.54) is 25.0 Å². The highest BCUT2D eigenvalue weighted by Gasteiger charge is 2.29. The molecule has 0 aromatic heterocycles. The summed E-state index contributed by atoms with van der Waals surface area (Å²) in [6, 6.07) is 4.67. The predicted octanol–water partition coefficient (Wildman–Crippen LogP) is 1.51. The molecule has 0 aliphatic heterocycles. The topological polar surface area (TPSA) is 95.7 Å². The summed E-state index contributed by atoms with van der Waals surface area (Å²) in [7, 11) is 2.01. The summed E-state index contributed by atoms with van der Waals surface area (Å²) in [5.74, 6) is -1.10. The molecule has 1 fully saturated rings. The van der Waals surface area contributed by atoms with Gasteiger partial charge in [-0.3, -0.25) is 19.8 Å². The van der Waals surface area contributed by atoms with Crippen LogP contribution in [0.2, 0.25) is 0 Å². The van der Waals surface area contributed by atoms with Gasteiger partial charge in [0.1, 0.15) is 0 Å². The molecule has 1 atom stereocenters. The van der Waals surface area contributed by atoms with Gasteiger partial charge < -0.3 is 10.4 Å². The number of likely N-dealkylation sites (N-methyl/N-ethyl adjacent to an activating group) is 1. The summed E-state index contributed by atoms with van der Waals surface area (Å²) in [4.78, 5) is 24.3. The number of amides is 1. The third kappa shape index (κ3) is 3.49. The molecule has 0 heterocycles. The Kier molecular flexibility index (Phi) is 4.42. The van der Waals surface area contributed by atoms with E-state index in [9.17, 15) is 20.0 Å². The van der Waals surface area contributed by atoms with Gasteiger partial charge in [0.25, 0.3) is 5.91 Å². The Morgan fingerprint density at radius 2 is 2.24 bits per heavy atom. The Balaban J connectivity index is 2.00. The van der Waals surface area contributed by atoms with E-state index in [4.69, 9.17) is 0 Å². The van der Waals surface area contributed by atoms with Gasteiger partial charge in [-0.1, -0.05) is 6.07 Å². The van der Waals surface area contributed by atoms with Crippen LogP contribution in [0, 0.1) is 10.1 Å². The molecule has 0 saturated heterocycles. The second-order valence-corrected chi connectivity index (χ2v) is 5.39. The maximum atomic E-state index is 12.0. The van der Waals surface area contributed by atoms with Gasteiger partial charge in [0.2, 0.25) is 5.75 Å². The molecular formula is C14H19N3O4. The first kappa shape index (κ1) is 15.2. The van der Waals surface area contributed by atoms with Crippen molar-refractivity contribution < 1.29 is 14.8 Å². The average Bonchev–Trinajstić information content (AvgIpc) is 3.28. The molecule has 1 aromatic rings. The van der Waals surface area contributed by atoms with E-state index in [-0.39, 0.29) is 11.6 Å². The number of nitro benzene ring substituents is 1. The number of aromatic hydroxyl groups is 1. The number of hydrogen-bond donors (Lipinski definition) is 2. The fourth-order valence-corrected chi connectivity index (χ4v) is 2.18. The lowest BCUT2D eigenvalue weighted by molar-refractivity contribution is -0.385. The molecule has 7 nitrogen and oxygen atoms in total. The number of para-hydroxylation sites is 1. The van der Waals surface area contributed by atoms with Crippen molar-refractivity contribution in [3.8, 4) is 5.75 Å². The Bertz CT molecular complexity index is 557. The largest absolute Gasteiger partial charge is 0.502 e. The molecule has 1 aromatic carbocycles. The van der Waals surface area contributed by atoms with Crippen LogP contribution in [0.25, 0.3) is 0 Å². The van der Waals surface area contributed by atoms with E-state index in [1.54, 1.807) is 0 Å². The first-order chi connectivity index (χ1) is 9.91. The molecule has 114 valence electrons. The van der Waals surface area contributed by atoms with Crippen molar-refractivity contribution in [3.05, 3.63) is 33.9 Å². The van der Waals surface area contributed by atoms with E-state index in [1.807, 2.05) is 14.0 Å². The number of benzene rings is 1. The summed E-state index contributed by atoms with van der Waals surface area (Å²) in [6.45, 7) is 2.43. The van der Waals surface area contributed by atoms with Crippen molar-refractivity contribution in [2.24, 2.45) is 0 Å². The molecule has 0 radical (unpaired) electrons. The Hall–Kier alpha value is -2.15. The molecule has 1 saturated carbocycles. The van der Waals surface area contributed by atoms with Gasteiger partial charge in [-0.2, -0.15) is 0 Å². The smallest absolute Gasteiger partial charge is 0.311 e. The van der Waals surface area contributed by atoms with Gasteiger partial charge in [0, 0.05) is 24.7 Å². The molecule has 1 amide bonds. The number of carbonyl (C=O) groups excluding carboxylic acids is 1. The second kappa shape index (κ2) is 6.09. The number of nitrogens with one attached hydrogen (secondary N) is 1. The first-order valence-corrected chi connectivity index (χ1v) is 6.88. The van der Waals surface area contributed by atoms with Crippen LogP contribution in [0.1, 0.15) is 30.1 Å². The number of carbonyl (C=O) groups is 1. The van der Waals surface area contributed by atoms with Gasteiger partial charge in [-0.15, -0.1) is 0 Å². The fraction of sp³-hybridized carbons (Fsp3) is 0.500. The fourth-order valence-electron chi connectivity index (χ4n) is 2.18. The maximum absolute atomic E-state index is 12.0. The highest BCUT2D eigenvalue weighted by Crippen LogP contribution is 2.29. The SMILES string of the molecule is CC(CNC(=O)c1cccc([N+](=O)[O-])c1O)N(C)C1CC1. The lowest BCUT2D eigenvalue weighted by atomic mass is 10.1. The maximum Gasteiger partial charge on any atom is 0.311 e. The number of phenolic OH excluding ortho intramolecular Hbond substituents is 1. The molecule has 7 heteroatoms. The third-order valence-corrected chi connectivity index (χ3v) is 3.83. The van der Waals surface area contributed by atoms with Crippen molar-refractivity contribution in [3.63, 3.8) is 0 Å². The molecule has 1 aliphatic rings. The van der Waals surface area contributed by atoms with Crippen molar-refractivity contribution >= 4 is 11.6 Å². The number of phenols is 1. The molecular weight excluding hydrogens is 274 g/mol. The van der Waals surface area contributed by atoms with Crippen molar-refractivity contribution in [1.29, 1.82) is 0 Å². The molecule has 2 rings (SSSR count). The van der Waals surface area contributed by atoms with Crippen molar-refractivity contribution in [2.45, 2.75) is 31.8 Å². The normalized spacial score (nSPS) is 15.8. The van der Waals surface area contributed by atoms with E-state index >= 15 is 0 Å². The Morgan fingerprint density at radius 1 is 1.57 bits per heavy atom. The zero-order valence-electron chi connectivity index (χ0n) is 12.1. The Labute approximate surface area is 122 Å². The Morgan fingerprint density at radius 3 is 2.81 bits per heavy atom. The van der Waals surface area contributed by atoms with Gasteiger partial charge >= 0.3 is 5.69 Å². The van der Waals surface area contributed by atoms with Crippen molar-refractivity contribution in [2.75, 3.05) is 13.6 Å². The summed E-state index contributed by atoms with van der Waals surface area (Å²) >= 11 is 0. The summed E-state index contributed by atoms with van der Waals surface area (Å²) < 4.78 is 0. The van der Waals surface area contributed by atoms with Crippen LogP contribution < -0.4 is 5.32 Å². The zero-order valence-corrected chi connectivity index (χ0v) is 12.1. The monoisotopic (exact) mass is 293 g/mol. The van der Waals surface area contributed by atoms with E-state index in [0.717, 1.165) is 6.07 Å². The van der Waals surface area contributed by atoms with Crippen LogP contribution in [0.5, 0.6) is 5.75 Å². The summed E-state index contributed by atoms with van der Waals surface area (Å²) in [5, 5.41) is 23.2. The van der Waals surface area contributed by atoms with E-state index < -0.39 is 22.3 Å². The minimum Gasteiger partial charge on any atom is -0.502 e. The number of hydrogen-bond acceptors (Lipinski definition) is 5. The minimum absolute atomic E-state index is 0.0783. The highest BCUT2D eigenvalue weighted by molar-refractivity contribution is 5.98. The van der Waals surface area contributed by atoms with Crippen molar-refractivity contribution in [1.82, 2.24) is 10.2 Å². The summed E-state index contributed by atoms with van der Waals surface area (Å²) in [5.41, 5.74) is -0.545. The zero-order chi connectivity index (χ0) is 15.6. The second-order valence-electron chi connectivity index (χ2n) is 5.39. The molecule has 0 bridgehead atoms. The highest BCUT2D eigenvalue weighted by atomic mass is 16.6. The van der Waals surface area contributed by atoms with Crippen LogP contribution in [0.3, 0.4) is 0 Å². The average molecular weight is 293 g/mol. The van der Waals surface area contributed by atoms with Crippen LogP contribution >= 0.6 is 0 Å². The standard InChI is InChI=1S/C14H19N3O4/c1-9(16(2)10-6-7-10)8-15-14(19)11-4-3-5-12(13(11)18)17(20)21/h3-5,9-10,18H,6-8H2,1-2H3,(H,15,19). The molecule has 21 heavy (non-hydrogen) atoms. The van der Waals surface area contributed by atoms with Gasteiger partial charge in [-0.05, 0) is 32.9 Å².